The summed E-state index contributed by atoms with van der Waals surface area (Å²) in [5.41, 5.74) is 5.64. The molecule has 4 atom stereocenters. The molecule has 5 N–H and O–H groups in total. The maximum absolute atomic E-state index is 12.0. The van der Waals surface area contributed by atoms with Crippen molar-refractivity contribution in [3.63, 3.8) is 0 Å². The summed E-state index contributed by atoms with van der Waals surface area (Å²) in [6, 6.07) is -0.559. The van der Waals surface area contributed by atoms with E-state index in [9.17, 15) is 14.4 Å². The van der Waals surface area contributed by atoms with Gasteiger partial charge in [-0.3, -0.25) is 10.2 Å². The molecule has 0 aromatic rings. The van der Waals surface area contributed by atoms with E-state index in [-0.39, 0.29) is 23.8 Å². The van der Waals surface area contributed by atoms with Gasteiger partial charge >= 0.3 is 6.09 Å². The number of carbonyl (C=O) groups is 3. The molecular formula is C17H34N4O4. The second-order valence-electron chi connectivity index (χ2n) is 7.24. The second kappa shape index (κ2) is 12.7. The van der Waals surface area contributed by atoms with Crippen molar-refractivity contribution >= 4 is 18.3 Å². The van der Waals surface area contributed by atoms with Crippen molar-refractivity contribution in [2.75, 3.05) is 13.1 Å². The molecule has 0 saturated heterocycles. The highest BCUT2D eigenvalue weighted by atomic mass is 16.4. The predicted molar refractivity (Wildman–Crippen MR) is 97.0 cm³/mol. The number of aldehydes is 1. The molecule has 8 nitrogen and oxygen atoms in total. The lowest BCUT2D eigenvalue weighted by Gasteiger charge is -2.22. The maximum Gasteiger partial charge on any atom is 0.405 e. The number of carboxylic acid groups (broad SMARTS) is 1. The molecule has 0 aromatic heterocycles. The third-order valence-corrected chi connectivity index (χ3v) is 3.82. The quantitative estimate of drug-likeness (QED) is 0.249. The Kier molecular flexibility index (Phi) is 11.8. The van der Waals surface area contributed by atoms with Gasteiger partial charge < -0.3 is 20.5 Å². The number of hydrazine groups is 1. The summed E-state index contributed by atoms with van der Waals surface area (Å²) in [5, 5.41) is 14.2. The predicted octanol–water partition coefficient (Wildman–Crippen LogP) is 1.13. The van der Waals surface area contributed by atoms with Gasteiger partial charge in [0.15, 0.2) is 0 Å². The Labute approximate surface area is 150 Å². The van der Waals surface area contributed by atoms with Crippen LogP contribution in [0.3, 0.4) is 0 Å². The SMILES string of the molecule is CC(C)CNNC(=O)[C@@H](C)C[C@H](C)NC[C@@H](C)CC(C=O)NC(=O)O. The maximum atomic E-state index is 12.0. The van der Waals surface area contributed by atoms with Crippen LogP contribution in [-0.2, 0) is 9.59 Å². The van der Waals surface area contributed by atoms with Gasteiger partial charge in [0.1, 0.15) is 6.29 Å². The molecule has 1 unspecified atom stereocenters. The first-order valence-corrected chi connectivity index (χ1v) is 8.86. The van der Waals surface area contributed by atoms with Gasteiger partial charge in [-0.25, -0.2) is 10.2 Å². The summed E-state index contributed by atoms with van der Waals surface area (Å²) < 4.78 is 0. The van der Waals surface area contributed by atoms with E-state index in [1.54, 1.807) is 0 Å². The highest BCUT2D eigenvalue weighted by Crippen LogP contribution is 2.08. The van der Waals surface area contributed by atoms with Crippen molar-refractivity contribution in [2.45, 2.75) is 59.5 Å². The van der Waals surface area contributed by atoms with Crippen LogP contribution >= 0.6 is 0 Å². The Morgan fingerprint density at radius 2 is 1.68 bits per heavy atom. The van der Waals surface area contributed by atoms with Crippen LogP contribution in [0, 0.1) is 17.8 Å². The van der Waals surface area contributed by atoms with Gasteiger partial charge in [-0.15, -0.1) is 0 Å². The summed E-state index contributed by atoms with van der Waals surface area (Å²) in [6.07, 6.45) is 0.540. The molecule has 0 rings (SSSR count). The molecule has 146 valence electrons. The standard InChI is InChI=1S/C17H34N4O4/c1-11(2)8-19-21-16(23)13(4)7-14(5)18-9-12(3)6-15(10-22)20-17(24)25/h10-15,18-20H,6-9H2,1-5H3,(H,21,23)(H,24,25)/t12-,13-,14-,15?/m0/s1. The number of carbonyl (C=O) groups excluding carboxylic acids is 2. The third kappa shape index (κ3) is 12.4. The van der Waals surface area contributed by atoms with Gasteiger partial charge in [0, 0.05) is 18.5 Å². The molecule has 0 aliphatic rings. The van der Waals surface area contributed by atoms with Crippen LogP contribution in [0.15, 0.2) is 0 Å². The normalized spacial score (nSPS) is 15.9. The van der Waals surface area contributed by atoms with E-state index in [1.807, 2.05) is 20.8 Å². The van der Waals surface area contributed by atoms with E-state index < -0.39 is 12.1 Å². The molecule has 2 amide bonds. The number of hydrogen-bond acceptors (Lipinski definition) is 5. The smallest absolute Gasteiger partial charge is 0.405 e. The Balaban J connectivity index is 4.07. The van der Waals surface area contributed by atoms with E-state index in [4.69, 9.17) is 5.11 Å². The first-order chi connectivity index (χ1) is 11.6. The van der Waals surface area contributed by atoms with Gasteiger partial charge in [0.25, 0.3) is 0 Å². The highest BCUT2D eigenvalue weighted by molar-refractivity contribution is 5.77. The molecule has 0 spiro atoms. The number of nitrogens with one attached hydrogen (secondary N) is 4. The van der Waals surface area contributed by atoms with E-state index in [1.165, 1.54) is 0 Å². The monoisotopic (exact) mass is 358 g/mol. The summed E-state index contributed by atoms with van der Waals surface area (Å²) in [7, 11) is 0. The van der Waals surface area contributed by atoms with E-state index >= 15 is 0 Å². The van der Waals surface area contributed by atoms with Crippen LogP contribution in [0.25, 0.3) is 0 Å². The van der Waals surface area contributed by atoms with Crippen molar-refractivity contribution in [3.8, 4) is 0 Å². The molecule has 0 aromatic carbocycles. The molecule has 0 aliphatic heterocycles. The van der Waals surface area contributed by atoms with Crippen molar-refractivity contribution in [2.24, 2.45) is 17.8 Å². The van der Waals surface area contributed by atoms with Crippen molar-refractivity contribution in [3.05, 3.63) is 0 Å². The Hall–Kier alpha value is -1.67. The minimum Gasteiger partial charge on any atom is -0.465 e. The molecule has 25 heavy (non-hydrogen) atoms. The first kappa shape index (κ1) is 23.3. The van der Waals surface area contributed by atoms with E-state index in [2.05, 4.69) is 35.3 Å². The van der Waals surface area contributed by atoms with Crippen molar-refractivity contribution < 1.29 is 19.5 Å². The summed E-state index contributed by atoms with van der Waals surface area (Å²) in [5.74, 6) is 0.424. The lowest BCUT2D eigenvalue weighted by Crippen LogP contribution is -2.44. The molecule has 0 saturated carbocycles. The fourth-order valence-corrected chi connectivity index (χ4v) is 2.41. The van der Waals surface area contributed by atoms with Gasteiger partial charge in [0.2, 0.25) is 5.91 Å². The zero-order chi connectivity index (χ0) is 19.4. The van der Waals surface area contributed by atoms with Crippen LogP contribution in [0.5, 0.6) is 0 Å². The van der Waals surface area contributed by atoms with Crippen LogP contribution in [0.1, 0.15) is 47.5 Å². The first-order valence-electron chi connectivity index (χ1n) is 8.86. The molecule has 0 aliphatic carbocycles. The van der Waals surface area contributed by atoms with Crippen LogP contribution in [-0.4, -0.2) is 48.6 Å². The lowest BCUT2D eigenvalue weighted by atomic mass is 9.99. The molecule has 8 heteroatoms. The van der Waals surface area contributed by atoms with Gasteiger partial charge in [-0.2, -0.15) is 0 Å². The third-order valence-electron chi connectivity index (χ3n) is 3.82. The summed E-state index contributed by atoms with van der Waals surface area (Å²) in [4.78, 5) is 33.4. The zero-order valence-electron chi connectivity index (χ0n) is 16.0. The number of amides is 2. The van der Waals surface area contributed by atoms with Crippen LogP contribution in [0.2, 0.25) is 0 Å². The second-order valence-corrected chi connectivity index (χ2v) is 7.24. The lowest BCUT2D eigenvalue weighted by molar-refractivity contribution is -0.125. The molecule has 0 heterocycles. The summed E-state index contributed by atoms with van der Waals surface area (Å²) >= 11 is 0. The minimum atomic E-state index is -1.20. The largest absolute Gasteiger partial charge is 0.465 e. The van der Waals surface area contributed by atoms with E-state index in [0.717, 1.165) is 6.54 Å². The zero-order valence-corrected chi connectivity index (χ0v) is 16.0. The Morgan fingerprint density at radius 1 is 1.04 bits per heavy atom. The Morgan fingerprint density at radius 3 is 2.20 bits per heavy atom. The molecule has 0 bridgehead atoms. The van der Waals surface area contributed by atoms with Crippen LogP contribution < -0.4 is 21.5 Å². The van der Waals surface area contributed by atoms with Gasteiger partial charge in [-0.1, -0.05) is 27.7 Å². The Bertz CT molecular complexity index is 417. The average Bonchev–Trinajstić information content (AvgIpc) is 2.51. The topological polar surface area (TPSA) is 120 Å². The number of hydrogen-bond donors (Lipinski definition) is 5. The van der Waals surface area contributed by atoms with E-state index in [0.29, 0.717) is 31.6 Å². The fourth-order valence-electron chi connectivity index (χ4n) is 2.41. The molecule has 0 fully saturated rings. The van der Waals surface area contributed by atoms with Crippen LogP contribution in [0.4, 0.5) is 4.79 Å². The average molecular weight is 358 g/mol. The van der Waals surface area contributed by atoms with Gasteiger partial charge in [0.05, 0.1) is 6.04 Å². The minimum absolute atomic E-state index is 0.0333. The molecular weight excluding hydrogens is 324 g/mol. The number of rotatable bonds is 13. The highest BCUT2D eigenvalue weighted by Gasteiger charge is 2.18. The van der Waals surface area contributed by atoms with Crippen molar-refractivity contribution in [1.29, 1.82) is 0 Å². The fraction of sp³-hybridized carbons (Fsp3) is 0.824. The molecule has 0 radical (unpaired) electrons. The van der Waals surface area contributed by atoms with Crippen molar-refractivity contribution in [1.82, 2.24) is 21.5 Å². The summed E-state index contributed by atoms with van der Waals surface area (Å²) in [6.45, 7) is 11.3. The van der Waals surface area contributed by atoms with Gasteiger partial charge in [-0.05, 0) is 38.1 Å².